The standard InChI is InChI=1S/C26H27F3N8O5/c1-2-37-22-17(40-12-14-6-8-31-9-7-14)11-32-19(20(22)34-24(37)21-23(30)36-42-35-21)15-4-3-5-16(10-15)33-18(38)13-41-25(39)26(27,28)29/h3-5,10-11,14,31H,2,6-9,12-13H2,1H3,(H2,30,36)(H,33,38). The number of hydrogen-bond acceptors (Lipinski definition) is 11. The van der Waals surface area contributed by atoms with Crippen LogP contribution in [0.4, 0.5) is 24.7 Å². The van der Waals surface area contributed by atoms with E-state index in [4.69, 9.17) is 20.1 Å². The Kier molecular flexibility index (Phi) is 8.24. The van der Waals surface area contributed by atoms with Crippen molar-refractivity contribution in [2.24, 2.45) is 5.92 Å². The SMILES string of the molecule is CCn1c(-c2nonc2N)nc2c(-c3cccc(NC(=O)COC(=O)C(F)(F)F)c3)ncc(OCC3CCNCC3)c21. The minimum absolute atomic E-state index is 0.0580. The normalized spacial score (nSPS) is 14.2. The van der Waals surface area contributed by atoms with Crippen LogP contribution in [0.3, 0.4) is 0 Å². The highest BCUT2D eigenvalue weighted by atomic mass is 19.4. The summed E-state index contributed by atoms with van der Waals surface area (Å²) in [7, 11) is 0. The number of halogens is 3. The van der Waals surface area contributed by atoms with E-state index in [1.165, 1.54) is 6.07 Å². The molecule has 4 N–H and O–H groups in total. The van der Waals surface area contributed by atoms with Gasteiger partial charge in [-0.05, 0) is 61.2 Å². The van der Waals surface area contributed by atoms with Crippen molar-refractivity contribution < 1.29 is 36.9 Å². The molecule has 1 saturated heterocycles. The molecule has 16 heteroatoms. The molecule has 1 aliphatic heterocycles. The second-order valence-electron chi connectivity index (χ2n) is 9.55. The highest BCUT2D eigenvalue weighted by molar-refractivity contribution is 5.97. The molecule has 4 heterocycles. The number of aryl methyl sites for hydroxylation is 1. The summed E-state index contributed by atoms with van der Waals surface area (Å²) in [6.07, 6.45) is -1.62. The number of nitrogens with one attached hydrogen (secondary N) is 2. The lowest BCUT2D eigenvalue weighted by Crippen LogP contribution is -2.30. The Morgan fingerprint density at radius 3 is 2.69 bits per heavy atom. The van der Waals surface area contributed by atoms with Gasteiger partial charge in [-0.3, -0.25) is 4.79 Å². The number of pyridine rings is 1. The van der Waals surface area contributed by atoms with Gasteiger partial charge in [0, 0.05) is 17.8 Å². The highest BCUT2D eigenvalue weighted by Crippen LogP contribution is 2.37. The summed E-state index contributed by atoms with van der Waals surface area (Å²) < 4.78 is 54.1. The van der Waals surface area contributed by atoms with Crippen LogP contribution in [-0.2, 0) is 20.9 Å². The number of aromatic nitrogens is 5. The molecule has 13 nitrogen and oxygen atoms in total. The van der Waals surface area contributed by atoms with Crippen molar-refractivity contribution in [2.75, 3.05) is 37.4 Å². The van der Waals surface area contributed by atoms with E-state index >= 15 is 0 Å². The largest absolute Gasteiger partial charge is 0.490 e. The quantitative estimate of drug-likeness (QED) is 0.245. The number of esters is 1. The number of fused-ring (bicyclic) bond motifs is 1. The zero-order chi connectivity index (χ0) is 29.9. The molecule has 0 unspecified atom stereocenters. The van der Waals surface area contributed by atoms with Crippen molar-refractivity contribution in [1.29, 1.82) is 0 Å². The van der Waals surface area contributed by atoms with Gasteiger partial charge in [-0.1, -0.05) is 12.1 Å². The van der Waals surface area contributed by atoms with Crippen LogP contribution >= 0.6 is 0 Å². The fourth-order valence-electron chi connectivity index (χ4n) is 4.68. The number of nitrogens with two attached hydrogens (primary N) is 1. The van der Waals surface area contributed by atoms with Gasteiger partial charge in [0.15, 0.2) is 29.7 Å². The van der Waals surface area contributed by atoms with Crippen LogP contribution in [-0.4, -0.2) is 69.2 Å². The Balaban J connectivity index is 1.49. The van der Waals surface area contributed by atoms with Gasteiger partial charge in [0.05, 0.1) is 18.5 Å². The second kappa shape index (κ2) is 12.0. The molecular formula is C26H27F3N8O5. The Morgan fingerprint density at radius 2 is 2.00 bits per heavy atom. The predicted octanol–water partition coefficient (Wildman–Crippen LogP) is 3.17. The molecule has 0 spiro atoms. The molecule has 0 saturated carbocycles. The van der Waals surface area contributed by atoms with E-state index in [1.54, 1.807) is 24.4 Å². The fourth-order valence-corrected chi connectivity index (χ4v) is 4.68. The smallest absolute Gasteiger partial charge is 0.489 e. The topological polar surface area (TPSA) is 172 Å². The first-order chi connectivity index (χ1) is 20.2. The lowest BCUT2D eigenvalue weighted by atomic mass is 9.99. The van der Waals surface area contributed by atoms with E-state index in [2.05, 4.69) is 30.7 Å². The molecule has 0 bridgehead atoms. The van der Waals surface area contributed by atoms with E-state index in [0.717, 1.165) is 25.9 Å². The maximum absolute atomic E-state index is 12.4. The van der Waals surface area contributed by atoms with E-state index in [0.29, 0.717) is 52.9 Å². The van der Waals surface area contributed by atoms with Gasteiger partial charge in [-0.25, -0.2) is 19.4 Å². The predicted molar refractivity (Wildman–Crippen MR) is 143 cm³/mol. The molecule has 42 heavy (non-hydrogen) atoms. The van der Waals surface area contributed by atoms with Gasteiger partial charge in [-0.2, -0.15) is 13.2 Å². The highest BCUT2D eigenvalue weighted by Gasteiger charge is 2.41. The molecule has 0 aliphatic carbocycles. The summed E-state index contributed by atoms with van der Waals surface area (Å²) in [5.74, 6) is -2.06. The number of alkyl halides is 3. The number of carbonyl (C=O) groups excluding carboxylic acids is 2. The third-order valence-corrected chi connectivity index (χ3v) is 6.70. The molecule has 0 radical (unpaired) electrons. The third kappa shape index (κ3) is 6.12. The zero-order valence-corrected chi connectivity index (χ0v) is 22.4. The van der Waals surface area contributed by atoms with Gasteiger partial charge in [0.2, 0.25) is 0 Å². The summed E-state index contributed by atoms with van der Waals surface area (Å²) in [6.45, 7) is 3.63. The van der Waals surface area contributed by atoms with E-state index < -0.39 is 24.7 Å². The molecule has 1 aromatic carbocycles. The number of carbonyl (C=O) groups is 2. The minimum atomic E-state index is -5.20. The fraction of sp³-hybridized carbons (Fsp3) is 0.385. The number of anilines is 2. The van der Waals surface area contributed by atoms with Crippen molar-refractivity contribution >= 4 is 34.4 Å². The molecule has 222 valence electrons. The summed E-state index contributed by atoms with van der Waals surface area (Å²) in [5, 5.41) is 13.3. The molecular weight excluding hydrogens is 561 g/mol. The van der Waals surface area contributed by atoms with Crippen molar-refractivity contribution in [3.05, 3.63) is 30.5 Å². The van der Waals surface area contributed by atoms with Crippen LogP contribution in [0, 0.1) is 5.92 Å². The number of ether oxygens (including phenoxy) is 2. The molecule has 5 rings (SSSR count). The maximum Gasteiger partial charge on any atom is 0.490 e. The average molecular weight is 589 g/mol. The first kappa shape index (κ1) is 28.8. The van der Waals surface area contributed by atoms with Crippen molar-refractivity contribution in [1.82, 2.24) is 30.2 Å². The number of amides is 1. The maximum atomic E-state index is 12.4. The van der Waals surface area contributed by atoms with Crippen LogP contribution in [0.1, 0.15) is 19.8 Å². The lowest BCUT2D eigenvalue weighted by molar-refractivity contribution is -0.199. The molecule has 3 aromatic heterocycles. The number of nitrogen functional groups attached to an aromatic ring is 1. The van der Waals surface area contributed by atoms with E-state index in [1.807, 2.05) is 11.5 Å². The van der Waals surface area contributed by atoms with Crippen LogP contribution in [0.15, 0.2) is 35.1 Å². The molecule has 1 amide bonds. The van der Waals surface area contributed by atoms with Crippen molar-refractivity contribution in [2.45, 2.75) is 32.5 Å². The first-order valence-electron chi connectivity index (χ1n) is 13.1. The van der Waals surface area contributed by atoms with Crippen LogP contribution in [0.5, 0.6) is 5.75 Å². The van der Waals surface area contributed by atoms with Crippen LogP contribution in [0.25, 0.3) is 33.8 Å². The number of imidazole rings is 1. The van der Waals surface area contributed by atoms with Crippen LogP contribution < -0.4 is 21.1 Å². The zero-order valence-electron chi connectivity index (χ0n) is 22.4. The van der Waals surface area contributed by atoms with Crippen molar-refractivity contribution in [3.8, 4) is 28.5 Å². The van der Waals surface area contributed by atoms with Gasteiger partial charge in [-0.15, -0.1) is 0 Å². The van der Waals surface area contributed by atoms with E-state index in [9.17, 15) is 22.8 Å². The Bertz CT molecular complexity index is 1600. The summed E-state index contributed by atoms with van der Waals surface area (Å²) in [5.41, 5.74) is 8.54. The Morgan fingerprint density at radius 1 is 1.21 bits per heavy atom. The van der Waals surface area contributed by atoms with Crippen LogP contribution in [0.2, 0.25) is 0 Å². The number of piperidine rings is 1. The lowest BCUT2D eigenvalue weighted by Gasteiger charge is -2.23. The molecule has 4 aromatic rings. The van der Waals surface area contributed by atoms with Crippen molar-refractivity contribution in [3.63, 3.8) is 0 Å². The summed E-state index contributed by atoms with van der Waals surface area (Å²) in [6, 6.07) is 6.45. The molecule has 1 aliphatic rings. The summed E-state index contributed by atoms with van der Waals surface area (Å²) >= 11 is 0. The molecule has 0 atom stereocenters. The Hall–Kier alpha value is -4.73. The van der Waals surface area contributed by atoms with E-state index in [-0.39, 0.29) is 17.2 Å². The third-order valence-electron chi connectivity index (χ3n) is 6.70. The van der Waals surface area contributed by atoms with Gasteiger partial charge in [0.25, 0.3) is 5.91 Å². The number of nitrogens with zero attached hydrogens (tertiary/aromatic N) is 5. The van der Waals surface area contributed by atoms with Gasteiger partial charge in [0.1, 0.15) is 11.0 Å². The van der Waals surface area contributed by atoms with Gasteiger partial charge >= 0.3 is 12.1 Å². The monoisotopic (exact) mass is 588 g/mol. The summed E-state index contributed by atoms with van der Waals surface area (Å²) in [4.78, 5) is 32.5. The Labute approximate surface area is 236 Å². The average Bonchev–Trinajstić information content (AvgIpc) is 3.57. The first-order valence-corrected chi connectivity index (χ1v) is 13.1. The molecule has 1 fully saturated rings. The van der Waals surface area contributed by atoms with Gasteiger partial charge < -0.3 is 30.4 Å². The number of hydrogen-bond donors (Lipinski definition) is 3. The number of rotatable bonds is 9. The number of benzene rings is 1. The minimum Gasteiger partial charge on any atom is -0.489 e. The second-order valence-corrected chi connectivity index (χ2v) is 9.55.